The van der Waals surface area contributed by atoms with Crippen molar-refractivity contribution in [1.82, 2.24) is 0 Å². The van der Waals surface area contributed by atoms with Gasteiger partial charge < -0.3 is 9.64 Å². The molecule has 136 valence electrons. The van der Waals surface area contributed by atoms with E-state index in [1.807, 2.05) is 12.2 Å². The van der Waals surface area contributed by atoms with Gasteiger partial charge in [0.2, 0.25) is 0 Å². The molecule has 4 nitrogen and oxygen atoms in total. The summed E-state index contributed by atoms with van der Waals surface area (Å²) in [7, 11) is 2.13. The molecule has 27 heavy (non-hydrogen) atoms. The Kier molecular flexibility index (Phi) is 4.50. The van der Waals surface area contributed by atoms with Crippen LogP contribution in [-0.4, -0.2) is 19.2 Å². The summed E-state index contributed by atoms with van der Waals surface area (Å²) in [5.74, 6) is 0.757. The summed E-state index contributed by atoms with van der Waals surface area (Å²) in [6.07, 6.45) is 11.9. The SMILES string of the molecule is [C-]#[N+]/C(C#N)=C1C=C(/C=C/c2ccc3c(c2)CCN3C)OC2(CCCC2)C\1. The molecule has 3 aliphatic rings. The van der Waals surface area contributed by atoms with Crippen LogP contribution >= 0.6 is 0 Å². The number of anilines is 1. The highest BCUT2D eigenvalue weighted by atomic mass is 16.5. The van der Waals surface area contributed by atoms with Crippen molar-refractivity contribution in [3.63, 3.8) is 0 Å². The number of nitrogens with zero attached hydrogens (tertiary/aromatic N) is 3. The van der Waals surface area contributed by atoms with Crippen LogP contribution in [0.2, 0.25) is 0 Å². The van der Waals surface area contributed by atoms with Crippen molar-refractivity contribution in [2.75, 3.05) is 18.5 Å². The lowest BCUT2D eigenvalue weighted by Gasteiger charge is -2.35. The summed E-state index contributed by atoms with van der Waals surface area (Å²) in [5.41, 5.74) is 4.61. The minimum Gasteiger partial charge on any atom is -0.487 e. The van der Waals surface area contributed by atoms with Crippen LogP contribution in [0, 0.1) is 17.9 Å². The summed E-state index contributed by atoms with van der Waals surface area (Å²) >= 11 is 0. The van der Waals surface area contributed by atoms with E-state index in [4.69, 9.17) is 11.3 Å². The van der Waals surface area contributed by atoms with Crippen LogP contribution in [0.4, 0.5) is 5.69 Å². The molecular formula is C23H23N3O. The van der Waals surface area contributed by atoms with Crippen molar-refractivity contribution >= 4 is 11.8 Å². The lowest BCUT2D eigenvalue weighted by atomic mass is 9.88. The Hall–Kier alpha value is -2.98. The fourth-order valence-corrected chi connectivity index (χ4v) is 4.46. The van der Waals surface area contributed by atoms with E-state index in [9.17, 15) is 5.26 Å². The second-order valence-corrected chi connectivity index (χ2v) is 7.71. The quantitative estimate of drug-likeness (QED) is 0.552. The van der Waals surface area contributed by atoms with E-state index < -0.39 is 0 Å². The first-order valence-electron chi connectivity index (χ1n) is 9.56. The second kappa shape index (κ2) is 6.97. The van der Waals surface area contributed by atoms with E-state index in [0.717, 1.165) is 55.5 Å². The average molecular weight is 357 g/mol. The van der Waals surface area contributed by atoms with E-state index in [0.29, 0.717) is 6.42 Å². The molecule has 2 aliphatic heterocycles. The monoisotopic (exact) mass is 357 g/mol. The van der Waals surface area contributed by atoms with Gasteiger partial charge in [0.1, 0.15) is 11.4 Å². The molecule has 4 heteroatoms. The van der Waals surface area contributed by atoms with Crippen LogP contribution in [0.3, 0.4) is 0 Å². The van der Waals surface area contributed by atoms with E-state index in [-0.39, 0.29) is 11.3 Å². The van der Waals surface area contributed by atoms with Gasteiger partial charge >= 0.3 is 0 Å². The van der Waals surface area contributed by atoms with Crippen molar-refractivity contribution < 1.29 is 4.74 Å². The fraction of sp³-hybridized carbons (Fsp3) is 0.391. The highest BCUT2D eigenvalue weighted by Gasteiger charge is 2.39. The number of nitriles is 1. The molecule has 1 aromatic carbocycles. The summed E-state index contributed by atoms with van der Waals surface area (Å²) < 4.78 is 6.36. The van der Waals surface area contributed by atoms with Crippen molar-refractivity contribution in [2.24, 2.45) is 0 Å². The van der Waals surface area contributed by atoms with Gasteiger partial charge in [0.15, 0.2) is 0 Å². The molecule has 1 spiro atoms. The Morgan fingerprint density at radius 3 is 2.89 bits per heavy atom. The number of fused-ring (bicyclic) bond motifs is 1. The summed E-state index contributed by atoms with van der Waals surface area (Å²) in [5, 5.41) is 9.30. The minimum absolute atomic E-state index is 0.191. The zero-order valence-electron chi connectivity index (χ0n) is 15.7. The highest BCUT2D eigenvalue weighted by Crippen LogP contribution is 2.44. The maximum absolute atomic E-state index is 9.30. The van der Waals surface area contributed by atoms with Crippen LogP contribution < -0.4 is 4.90 Å². The smallest absolute Gasteiger partial charge is 0.265 e. The van der Waals surface area contributed by atoms with Gasteiger partial charge in [0, 0.05) is 25.7 Å². The van der Waals surface area contributed by atoms with Crippen LogP contribution in [0.1, 0.15) is 43.2 Å². The first-order valence-corrected chi connectivity index (χ1v) is 9.56. The fourth-order valence-electron chi connectivity index (χ4n) is 4.46. The molecule has 0 saturated heterocycles. The molecule has 0 amide bonds. The van der Waals surface area contributed by atoms with Crippen LogP contribution in [-0.2, 0) is 11.2 Å². The molecule has 0 radical (unpaired) electrons. The number of rotatable bonds is 2. The highest BCUT2D eigenvalue weighted by molar-refractivity contribution is 5.64. The topological polar surface area (TPSA) is 40.6 Å². The number of benzene rings is 1. The molecule has 1 saturated carbocycles. The first kappa shape index (κ1) is 17.4. The molecule has 0 unspecified atom stereocenters. The van der Waals surface area contributed by atoms with Crippen molar-refractivity contribution in [3.8, 4) is 6.07 Å². The second-order valence-electron chi connectivity index (χ2n) is 7.71. The molecule has 1 aromatic rings. The summed E-state index contributed by atoms with van der Waals surface area (Å²) in [4.78, 5) is 5.71. The largest absolute Gasteiger partial charge is 0.487 e. The average Bonchev–Trinajstić information content (AvgIpc) is 3.27. The van der Waals surface area contributed by atoms with Gasteiger partial charge in [0.25, 0.3) is 5.70 Å². The molecule has 1 fully saturated rings. The molecule has 0 N–H and O–H groups in total. The molecule has 0 bridgehead atoms. The Morgan fingerprint density at radius 2 is 2.15 bits per heavy atom. The van der Waals surface area contributed by atoms with E-state index in [2.05, 4.69) is 47.1 Å². The number of hydrogen-bond acceptors (Lipinski definition) is 3. The molecule has 1 aliphatic carbocycles. The third kappa shape index (κ3) is 3.36. The predicted molar refractivity (Wildman–Crippen MR) is 107 cm³/mol. The normalized spacial score (nSPS) is 22.2. The standard InChI is InChI=1S/C23H23N3O/c1-25-21(16-24)19-14-20(27-23(15-19)10-3-4-11-23)7-5-17-6-8-22-18(13-17)9-12-26(22)2/h5-8,13-14H,3-4,9-12,15H2,2H3/b7-5+,21-19+. The van der Waals surface area contributed by atoms with Gasteiger partial charge in [-0.05, 0) is 73.1 Å². The van der Waals surface area contributed by atoms with Gasteiger partial charge in [-0.1, -0.05) is 12.1 Å². The predicted octanol–water partition coefficient (Wildman–Crippen LogP) is 5.01. The first-order chi connectivity index (χ1) is 13.1. The zero-order valence-corrected chi connectivity index (χ0v) is 15.7. The van der Waals surface area contributed by atoms with Crippen LogP contribution in [0.15, 0.2) is 47.4 Å². The maximum Gasteiger partial charge on any atom is 0.265 e. The van der Waals surface area contributed by atoms with Crippen molar-refractivity contribution in [1.29, 1.82) is 5.26 Å². The maximum atomic E-state index is 9.30. The summed E-state index contributed by atoms with van der Waals surface area (Å²) in [6, 6.07) is 8.59. The van der Waals surface area contributed by atoms with Crippen molar-refractivity contribution in [2.45, 2.75) is 44.1 Å². The van der Waals surface area contributed by atoms with Crippen LogP contribution in [0.25, 0.3) is 10.9 Å². The van der Waals surface area contributed by atoms with Gasteiger partial charge in [-0.25, -0.2) is 10.1 Å². The molecule has 0 aromatic heterocycles. The van der Waals surface area contributed by atoms with Gasteiger partial charge in [-0.2, -0.15) is 0 Å². The lowest BCUT2D eigenvalue weighted by molar-refractivity contribution is 0.00776. The van der Waals surface area contributed by atoms with Crippen LogP contribution in [0.5, 0.6) is 0 Å². The number of hydrogen-bond donors (Lipinski definition) is 0. The van der Waals surface area contributed by atoms with E-state index in [1.54, 1.807) is 0 Å². The van der Waals surface area contributed by atoms with E-state index >= 15 is 0 Å². The Morgan fingerprint density at radius 1 is 1.33 bits per heavy atom. The Balaban J connectivity index is 1.64. The Bertz CT molecular complexity index is 917. The number of ether oxygens (including phenoxy) is 1. The van der Waals surface area contributed by atoms with Crippen molar-refractivity contribution in [3.05, 3.63) is 69.9 Å². The van der Waals surface area contributed by atoms with Gasteiger partial charge in [0.05, 0.1) is 12.6 Å². The van der Waals surface area contributed by atoms with Gasteiger partial charge in [-0.15, -0.1) is 0 Å². The number of allylic oxidation sites excluding steroid dienone is 3. The summed E-state index contributed by atoms with van der Waals surface area (Å²) in [6.45, 7) is 8.37. The Labute approximate surface area is 160 Å². The minimum atomic E-state index is -0.239. The molecule has 0 atom stereocenters. The zero-order chi connectivity index (χ0) is 18.9. The lowest BCUT2D eigenvalue weighted by Crippen LogP contribution is -2.31. The molecule has 2 heterocycles. The molecule has 4 rings (SSSR count). The third-order valence-electron chi connectivity index (χ3n) is 5.87. The van der Waals surface area contributed by atoms with Gasteiger partial charge in [-0.3, -0.25) is 0 Å². The third-order valence-corrected chi connectivity index (χ3v) is 5.87. The van der Waals surface area contributed by atoms with E-state index in [1.165, 1.54) is 11.3 Å². The number of likely N-dealkylation sites (N-methyl/N-ethyl adjacent to an activating group) is 1. The molecular weight excluding hydrogens is 334 g/mol.